The molecule has 1 aliphatic heterocycles. The lowest BCUT2D eigenvalue weighted by molar-refractivity contribution is 0.227. The van der Waals surface area contributed by atoms with Crippen molar-refractivity contribution >= 4 is 59.9 Å². The van der Waals surface area contributed by atoms with Gasteiger partial charge in [0.1, 0.15) is 0 Å². The Hall–Kier alpha value is -0.582. The fourth-order valence-corrected chi connectivity index (χ4v) is 46.6. The quantitative estimate of drug-likeness (QED) is 0.106. The van der Waals surface area contributed by atoms with Crippen LogP contribution in [0, 0.1) is 41.4 Å². The van der Waals surface area contributed by atoms with Gasteiger partial charge in [-0.3, -0.25) is 0 Å². The predicted molar refractivity (Wildman–Crippen MR) is 257 cm³/mol. The molecule has 56 heavy (non-hydrogen) atoms. The Labute approximate surface area is 353 Å². The number of rotatable bonds is 21. The van der Waals surface area contributed by atoms with Gasteiger partial charge in [-0.2, -0.15) is 0 Å². The predicted octanol–water partition coefficient (Wildman–Crippen LogP) is 12.9. The first-order valence-corrected chi connectivity index (χ1v) is 35.9. The highest BCUT2D eigenvalue weighted by Gasteiger charge is 2.61. The molecule has 1 heterocycles. The van der Waals surface area contributed by atoms with E-state index in [0.29, 0.717) is 42.3 Å². The molecule has 14 heteroatoms. The molecule has 0 aromatic rings. The number of hydrogen-bond donors (Lipinski definition) is 0. The molecule has 7 nitrogen and oxygen atoms in total. The van der Waals surface area contributed by atoms with E-state index in [-0.39, 0.29) is 41.4 Å². The van der Waals surface area contributed by atoms with Crippen LogP contribution in [-0.4, -0.2) is 59.9 Å². The van der Waals surface area contributed by atoms with Crippen LogP contribution in [0.1, 0.15) is 96.9 Å². The topological polar surface area (TPSA) is 64.6 Å². The third-order valence-electron chi connectivity index (χ3n) is 9.45. The van der Waals surface area contributed by atoms with Crippen LogP contribution in [-0.2, 0) is 28.8 Å². The number of hydrogen-bond acceptors (Lipinski definition) is 7. The standard InChI is InChI=1S/C42H84O7Si7/c1-22-50(29-36(8)9)43-51(23-2,30-37(10)11)45-53(25-4,32-39(14)15)47-55(27-6,34-41(18)19)49-56(28-7,35-42(20)21)48-54(26-5,33-40(16)17)46-52(24-3,44-50)31-38(12)13/h22-28,36-42H,1-7,29-35H2,8-21H3. The third-order valence-corrected chi connectivity index (χ3v) is 42.8. The van der Waals surface area contributed by atoms with Crippen molar-refractivity contribution in [1.29, 1.82) is 0 Å². The summed E-state index contributed by atoms with van der Waals surface area (Å²) < 4.78 is 54.2. The molecule has 322 valence electrons. The average molecular weight is 898 g/mol. The molecule has 1 fully saturated rings. The second-order valence-electron chi connectivity index (χ2n) is 19.0. The zero-order valence-corrected chi connectivity index (χ0v) is 45.3. The summed E-state index contributed by atoms with van der Waals surface area (Å²) in [5.74, 6) is 1.55. The Morgan fingerprint density at radius 2 is 0.339 bits per heavy atom. The van der Waals surface area contributed by atoms with Crippen LogP contribution in [0.5, 0.6) is 0 Å². The molecule has 1 saturated heterocycles. The first kappa shape index (κ1) is 53.4. The Morgan fingerprint density at radius 3 is 0.393 bits per heavy atom. The van der Waals surface area contributed by atoms with Gasteiger partial charge in [-0.15, -0.1) is 46.1 Å². The third kappa shape index (κ3) is 15.5. The minimum absolute atomic E-state index is 0.221. The average Bonchev–Trinajstić information content (AvgIpc) is 3.05. The van der Waals surface area contributed by atoms with E-state index < -0.39 is 59.9 Å². The van der Waals surface area contributed by atoms with Crippen LogP contribution < -0.4 is 0 Å². The molecule has 0 spiro atoms. The van der Waals surface area contributed by atoms with Gasteiger partial charge in [0.25, 0.3) is 0 Å². The highest BCUT2D eigenvalue weighted by Crippen LogP contribution is 2.43. The molecule has 0 bridgehead atoms. The Balaban J connectivity index is 4.87. The Morgan fingerprint density at radius 1 is 0.250 bits per heavy atom. The first-order valence-electron chi connectivity index (χ1n) is 21.2. The molecule has 1 aliphatic rings. The van der Waals surface area contributed by atoms with E-state index in [0.717, 1.165) is 0 Å². The molecule has 0 aromatic heterocycles. The molecule has 0 atom stereocenters. The van der Waals surface area contributed by atoms with Crippen molar-refractivity contribution in [2.24, 2.45) is 41.4 Å². The highest BCUT2D eigenvalue weighted by atomic mass is 28.5. The fourth-order valence-electron chi connectivity index (χ4n) is 7.93. The monoisotopic (exact) mass is 896 g/mol. The van der Waals surface area contributed by atoms with Crippen LogP contribution in [0.4, 0.5) is 0 Å². The van der Waals surface area contributed by atoms with Crippen molar-refractivity contribution in [1.82, 2.24) is 0 Å². The first-order chi connectivity index (χ1) is 25.8. The van der Waals surface area contributed by atoms with E-state index in [4.69, 9.17) is 28.8 Å². The second kappa shape index (κ2) is 22.3. The molecule has 1 rings (SSSR count). The molecule has 0 aromatic carbocycles. The smallest absolute Gasteiger partial charge is 0.347 e. The van der Waals surface area contributed by atoms with Crippen LogP contribution in [0.25, 0.3) is 0 Å². The lowest BCUT2D eigenvalue weighted by atomic mass is 10.3. The fraction of sp³-hybridized carbons (Fsp3) is 0.667. The SMILES string of the molecule is C=C[Si]1(CC(C)C)O[Si](C=C)(CC(C)C)O[Si](C=C)(CC(C)C)O[Si](C=C)(CC(C)C)O[Si](C=C)(CC(C)C)O[Si](C=C)(CC(C)C)O[Si](C=C)(CC(C)C)O1. The van der Waals surface area contributed by atoms with Gasteiger partial charge >= 0.3 is 59.9 Å². The van der Waals surface area contributed by atoms with Crippen molar-refractivity contribution in [3.63, 3.8) is 0 Å². The van der Waals surface area contributed by atoms with E-state index in [1.54, 1.807) is 0 Å². The maximum absolute atomic E-state index is 7.75. The lowest BCUT2D eigenvalue weighted by Gasteiger charge is -2.51. The van der Waals surface area contributed by atoms with Gasteiger partial charge in [0, 0.05) is 0 Å². The van der Waals surface area contributed by atoms with Gasteiger partial charge in [0.2, 0.25) is 0 Å². The van der Waals surface area contributed by atoms with Crippen LogP contribution in [0.2, 0.25) is 42.3 Å². The molecule has 0 aliphatic carbocycles. The van der Waals surface area contributed by atoms with E-state index in [2.05, 4.69) is 143 Å². The summed E-state index contributed by atoms with van der Waals surface area (Å²) in [5.41, 5.74) is 13.7. The zero-order valence-electron chi connectivity index (χ0n) is 38.3. The Bertz CT molecular complexity index is 1020. The van der Waals surface area contributed by atoms with Crippen molar-refractivity contribution in [2.45, 2.75) is 139 Å². The molecule has 0 amide bonds. The second-order valence-corrected chi connectivity index (χ2v) is 41.8. The minimum Gasteiger partial charge on any atom is -0.409 e. The highest BCUT2D eigenvalue weighted by molar-refractivity contribution is 7.00. The van der Waals surface area contributed by atoms with Crippen LogP contribution in [0.15, 0.2) is 85.9 Å². The normalized spacial score (nSPS) is 33.9. The zero-order chi connectivity index (χ0) is 43.4. The van der Waals surface area contributed by atoms with E-state index in [1.165, 1.54) is 0 Å². The summed E-state index contributed by atoms with van der Waals surface area (Å²) in [6.07, 6.45) is 0. The summed E-state index contributed by atoms with van der Waals surface area (Å²) in [4.78, 5) is 0. The van der Waals surface area contributed by atoms with Crippen molar-refractivity contribution in [3.8, 4) is 0 Å². The summed E-state index contributed by atoms with van der Waals surface area (Å²) in [5, 5.41) is 0. The van der Waals surface area contributed by atoms with Gasteiger partial charge in [0.15, 0.2) is 0 Å². The summed E-state index contributed by atoms with van der Waals surface area (Å²) in [6, 6.07) is 4.52. The van der Waals surface area contributed by atoms with Crippen LogP contribution >= 0.6 is 0 Å². The maximum Gasteiger partial charge on any atom is 0.347 e. The minimum atomic E-state index is -3.43. The molecule has 0 unspecified atom stereocenters. The lowest BCUT2D eigenvalue weighted by Crippen LogP contribution is -2.69. The maximum atomic E-state index is 7.75. The van der Waals surface area contributed by atoms with Crippen LogP contribution in [0.3, 0.4) is 0 Å². The van der Waals surface area contributed by atoms with Crippen molar-refractivity contribution < 1.29 is 28.8 Å². The molecule has 0 saturated carbocycles. The summed E-state index contributed by atoms with van der Waals surface area (Å²) in [7, 11) is -24.0. The van der Waals surface area contributed by atoms with E-state index in [9.17, 15) is 0 Å². The molecule has 0 radical (unpaired) electrons. The summed E-state index contributed by atoms with van der Waals surface area (Å²) >= 11 is 0. The Kier molecular flexibility index (Phi) is 21.3. The van der Waals surface area contributed by atoms with Gasteiger partial charge in [0.05, 0.1) is 0 Å². The molecular weight excluding hydrogens is 813 g/mol. The van der Waals surface area contributed by atoms with Gasteiger partial charge in [-0.1, -0.05) is 137 Å². The van der Waals surface area contributed by atoms with Gasteiger partial charge in [-0.05, 0) is 83.7 Å². The van der Waals surface area contributed by atoms with Crippen molar-refractivity contribution in [2.75, 3.05) is 0 Å². The largest absolute Gasteiger partial charge is 0.409 e. The molecule has 0 N–H and O–H groups in total. The van der Waals surface area contributed by atoms with Crippen molar-refractivity contribution in [3.05, 3.63) is 85.9 Å². The van der Waals surface area contributed by atoms with Gasteiger partial charge < -0.3 is 28.8 Å². The van der Waals surface area contributed by atoms with Gasteiger partial charge in [-0.25, -0.2) is 0 Å². The van der Waals surface area contributed by atoms with E-state index in [1.807, 2.05) is 39.9 Å². The summed E-state index contributed by atoms with van der Waals surface area (Å²) in [6.45, 7) is 62.2. The molecular formula is C42H84O7Si7. The van der Waals surface area contributed by atoms with E-state index >= 15 is 0 Å².